The number of nitrogens with one attached hydrogen (secondary N) is 2. The quantitative estimate of drug-likeness (QED) is 0.559. The van der Waals surface area contributed by atoms with Crippen LogP contribution in [0.3, 0.4) is 0 Å². The maximum atomic E-state index is 12.3. The summed E-state index contributed by atoms with van der Waals surface area (Å²) in [5.41, 5.74) is 1.73. The van der Waals surface area contributed by atoms with Gasteiger partial charge >= 0.3 is 0 Å². The third-order valence-electron chi connectivity index (χ3n) is 4.18. The zero-order valence-electron chi connectivity index (χ0n) is 14.8. The first-order valence-electron chi connectivity index (χ1n) is 8.44. The van der Waals surface area contributed by atoms with Crippen LogP contribution >= 0.6 is 50.9 Å². The van der Waals surface area contributed by atoms with Gasteiger partial charge in [0.2, 0.25) is 11.8 Å². The van der Waals surface area contributed by atoms with Crippen molar-refractivity contribution in [3.05, 3.63) is 73.1 Å². The lowest BCUT2D eigenvalue weighted by molar-refractivity contribution is -0.121. The number of amides is 2. The molecule has 2 aromatic carbocycles. The molecule has 0 fully saturated rings. The molecule has 1 aliphatic rings. The number of hydrogen-bond donors (Lipinski definition) is 2. The number of rotatable bonds is 5. The third-order valence-corrected chi connectivity index (χ3v) is 6.26. The van der Waals surface area contributed by atoms with Gasteiger partial charge in [0.1, 0.15) is 0 Å². The van der Waals surface area contributed by atoms with E-state index in [1.54, 1.807) is 42.5 Å². The van der Waals surface area contributed by atoms with Crippen LogP contribution in [0.4, 0.5) is 5.69 Å². The van der Waals surface area contributed by atoms with Gasteiger partial charge in [0.15, 0.2) is 0 Å². The van der Waals surface area contributed by atoms with Gasteiger partial charge in [-0.15, -0.1) is 0 Å². The number of halogens is 3. The van der Waals surface area contributed by atoms with Crippen LogP contribution in [-0.4, -0.2) is 17.6 Å². The van der Waals surface area contributed by atoms with Gasteiger partial charge in [-0.1, -0.05) is 63.0 Å². The standard InChI is InChI=1S/C20H14BrCl2N3O2S/c21-12-3-6-17(16(23)7-12)25-19(28)10-29-20-15(9-24)14(8-18(27)26-20)11-1-4-13(22)5-2-11/h1-7,14H,8,10H2,(H,25,28)(H,26,27)/t14-/m1/s1. The van der Waals surface area contributed by atoms with Crippen molar-refractivity contribution >= 4 is 68.4 Å². The van der Waals surface area contributed by atoms with Crippen LogP contribution < -0.4 is 10.6 Å². The molecule has 1 heterocycles. The molecule has 0 spiro atoms. The molecule has 148 valence electrons. The molecule has 9 heteroatoms. The first-order valence-corrected chi connectivity index (χ1v) is 11.0. The highest BCUT2D eigenvalue weighted by molar-refractivity contribution is 9.10. The molecule has 2 N–H and O–H groups in total. The van der Waals surface area contributed by atoms with Gasteiger partial charge in [-0.2, -0.15) is 5.26 Å². The Labute approximate surface area is 190 Å². The Balaban J connectivity index is 1.75. The highest BCUT2D eigenvalue weighted by atomic mass is 79.9. The summed E-state index contributed by atoms with van der Waals surface area (Å²) >= 11 is 16.5. The van der Waals surface area contributed by atoms with Crippen LogP contribution in [0.25, 0.3) is 0 Å². The molecule has 1 atom stereocenters. The molecule has 0 unspecified atom stereocenters. The lowest BCUT2D eigenvalue weighted by Gasteiger charge is -2.25. The number of hydrogen-bond acceptors (Lipinski definition) is 4. The summed E-state index contributed by atoms with van der Waals surface area (Å²) in [5.74, 6) is -0.868. The molecule has 29 heavy (non-hydrogen) atoms. The average Bonchev–Trinajstić information content (AvgIpc) is 2.68. The molecule has 2 amide bonds. The minimum Gasteiger partial charge on any atom is -0.324 e. The molecule has 0 aromatic heterocycles. The van der Waals surface area contributed by atoms with Gasteiger partial charge in [-0.25, -0.2) is 0 Å². The number of nitriles is 1. The monoisotopic (exact) mass is 509 g/mol. The lowest BCUT2D eigenvalue weighted by atomic mass is 9.87. The smallest absolute Gasteiger partial charge is 0.234 e. The molecule has 0 bridgehead atoms. The Hall–Kier alpha value is -1.98. The maximum Gasteiger partial charge on any atom is 0.234 e. The Bertz CT molecular complexity index is 1040. The van der Waals surface area contributed by atoms with Gasteiger partial charge in [0.25, 0.3) is 0 Å². The number of nitrogens with zero attached hydrogens (tertiary/aromatic N) is 1. The van der Waals surface area contributed by atoms with E-state index in [4.69, 9.17) is 23.2 Å². The van der Waals surface area contributed by atoms with Crippen LogP contribution in [-0.2, 0) is 9.59 Å². The van der Waals surface area contributed by atoms with Crippen molar-refractivity contribution in [3.8, 4) is 6.07 Å². The Morgan fingerprint density at radius 2 is 2.00 bits per heavy atom. The summed E-state index contributed by atoms with van der Waals surface area (Å²) < 4.78 is 0.803. The molecular weight excluding hydrogens is 497 g/mol. The van der Waals surface area contributed by atoms with Crippen molar-refractivity contribution in [2.45, 2.75) is 12.3 Å². The van der Waals surface area contributed by atoms with Crippen molar-refractivity contribution in [1.29, 1.82) is 5.26 Å². The number of anilines is 1. The highest BCUT2D eigenvalue weighted by Crippen LogP contribution is 2.36. The predicted octanol–water partition coefficient (Wildman–Crippen LogP) is 5.47. The van der Waals surface area contributed by atoms with Crippen LogP contribution in [0.15, 0.2) is 57.5 Å². The van der Waals surface area contributed by atoms with E-state index >= 15 is 0 Å². The van der Waals surface area contributed by atoms with Crippen molar-refractivity contribution in [3.63, 3.8) is 0 Å². The third kappa shape index (κ3) is 5.55. The minimum atomic E-state index is -0.377. The maximum absolute atomic E-state index is 12.3. The van der Waals surface area contributed by atoms with Crippen molar-refractivity contribution < 1.29 is 9.59 Å². The SMILES string of the molecule is N#CC1=C(SCC(=O)Nc2ccc(Br)cc2Cl)NC(=O)C[C@@H]1c1ccc(Cl)cc1. The molecule has 0 saturated carbocycles. The summed E-state index contributed by atoms with van der Waals surface area (Å²) in [6.45, 7) is 0. The van der Waals surface area contributed by atoms with Crippen LogP contribution in [0.1, 0.15) is 17.9 Å². The molecule has 0 saturated heterocycles. The van der Waals surface area contributed by atoms with E-state index in [1.807, 2.05) is 0 Å². The number of carbonyl (C=O) groups is 2. The second-order valence-electron chi connectivity index (χ2n) is 6.17. The Morgan fingerprint density at radius 3 is 2.66 bits per heavy atom. The van der Waals surface area contributed by atoms with E-state index in [0.717, 1.165) is 21.8 Å². The van der Waals surface area contributed by atoms with E-state index in [2.05, 4.69) is 32.6 Å². The van der Waals surface area contributed by atoms with E-state index < -0.39 is 0 Å². The van der Waals surface area contributed by atoms with Crippen LogP contribution in [0.2, 0.25) is 10.0 Å². The summed E-state index contributed by atoms with van der Waals surface area (Å²) in [6, 6.07) is 14.4. The molecule has 1 aliphatic heterocycles. The summed E-state index contributed by atoms with van der Waals surface area (Å²) in [4.78, 5) is 24.5. The molecule has 0 radical (unpaired) electrons. The minimum absolute atomic E-state index is 0.0144. The van der Waals surface area contributed by atoms with Crippen LogP contribution in [0.5, 0.6) is 0 Å². The van der Waals surface area contributed by atoms with E-state index in [0.29, 0.717) is 26.3 Å². The zero-order valence-corrected chi connectivity index (χ0v) is 18.8. The normalized spacial score (nSPS) is 16.2. The van der Waals surface area contributed by atoms with E-state index in [9.17, 15) is 14.9 Å². The van der Waals surface area contributed by atoms with Gasteiger partial charge in [-0.05, 0) is 35.9 Å². The fourth-order valence-corrected chi connectivity index (χ4v) is 4.55. The fraction of sp³-hybridized carbons (Fsp3) is 0.150. The first-order chi connectivity index (χ1) is 13.9. The van der Waals surface area contributed by atoms with Gasteiger partial charge in [0, 0.05) is 21.8 Å². The summed E-state index contributed by atoms with van der Waals surface area (Å²) in [7, 11) is 0. The van der Waals surface area contributed by atoms with Gasteiger partial charge in [-0.3, -0.25) is 9.59 Å². The molecule has 5 nitrogen and oxygen atoms in total. The average molecular weight is 511 g/mol. The topological polar surface area (TPSA) is 82.0 Å². The number of allylic oxidation sites excluding steroid dienone is 1. The second kappa shape index (κ2) is 9.68. The van der Waals surface area contributed by atoms with E-state index in [1.165, 1.54) is 0 Å². The summed E-state index contributed by atoms with van der Waals surface area (Å²) in [5, 5.41) is 16.5. The second-order valence-corrected chi connectivity index (χ2v) is 8.92. The fourth-order valence-electron chi connectivity index (χ4n) is 2.83. The predicted molar refractivity (Wildman–Crippen MR) is 120 cm³/mol. The number of thioether (sulfide) groups is 1. The van der Waals surface area contributed by atoms with E-state index in [-0.39, 0.29) is 29.9 Å². The molecule has 3 rings (SSSR count). The summed E-state index contributed by atoms with van der Waals surface area (Å²) in [6.07, 6.45) is 0.162. The molecule has 2 aromatic rings. The number of benzene rings is 2. The first kappa shape index (κ1) is 21.7. The van der Waals surface area contributed by atoms with Crippen molar-refractivity contribution in [1.82, 2.24) is 5.32 Å². The zero-order chi connectivity index (χ0) is 21.0. The van der Waals surface area contributed by atoms with Crippen molar-refractivity contribution in [2.24, 2.45) is 0 Å². The van der Waals surface area contributed by atoms with Gasteiger partial charge < -0.3 is 10.6 Å². The molecular formula is C20H14BrCl2N3O2S. The lowest BCUT2D eigenvalue weighted by Crippen LogP contribution is -2.31. The van der Waals surface area contributed by atoms with Crippen molar-refractivity contribution in [2.75, 3.05) is 11.1 Å². The number of carbonyl (C=O) groups excluding carboxylic acids is 2. The highest BCUT2D eigenvalue weighted by Gasteiger charge is 2.29. The Kier molecular flexibility index (Phi) is 7.25. The largest absolute Gasteiger partial charge is 0.324 e. The van der Waals surface area contributed by atoms with Crippen LogP contribution in [0, 0.1) is 11.3 Å². The molecule has 0 aliphatic carbocycles. The van der Waals surface area contributed by atoms with Gasteiger partial charge in [0.05, 0.1) is 33.1 Å². The Morgan fingerprint density at radius 1 is 1.28 bits per heavy atom.